The number of carboxylic acid groups (broad SMARTS) is 1. The molecule has 8 heteroatoms. The number of unbranched alkanes of at least 4 members (excludes halogenated alkanes) is 2. The monoisotopic (exact) mass is 557 g/mol. The van der Waals surface area contributed by atoms with Crippen molar-refractivity contribution in [2.24, 2.45) is 0 Å². The molecular weight excluding hydrogens is 522 g/mol. The zero-order chi connectivity index (χ0) is 27.4. The molecule has 0 aliphatic heterocycles. The van der Waals surface area contributed by atoms with Gasteiger partial charge in [-0.25, -0.2) is 13.1 Å². The number of benzene rings is 3. The molecule has 0 aromatic heterocycles. The van der Waals surface area contributed by atoms with Crippen LogP contribution in [-0.2, 0) is 27.7 Å². The van der Waals surface area contributed by atoms with Crippen molar-refractivity contribution in [2.45, 2.75) is 69.2 Å². The number of halogens is 1. The van der Waals surface area contributed by atoms with E-state index in [9.17, 15) is 13.2 Å². The van der Waals surface area contributed by atoms with Crippen molar-refractivity contribution in [3.63, 3.8) is 0 Å². The Kier molecular flexibility index (Phi) is 11.6. The van der Waals surface area contributed by atoms with Crippen LogP contribution in [0.3, 0.4) is 0 Å². The van der Waals surface area contributed by atoms with Crippen molar-refractivity contribution >= 4 is 27.6 Å². The van der Waals surface area contributed by atoms with Gasteiger partial charge in [-0.1, -0.05) is 67.8 Å². The van der Waals surface area contributed by atoms with Crippen molar-refractivity contribution in [3.8, 4) is 5.75 Å². The molecule has 2 N–H and O–H groups in total. The number of hydrogen-bond acceptors (Lipinski definition) is 4. The van der Waals surface area contributed by atoms with E-state index in [1.54, 1.807) is 12.1 Å². The number of sulfonamides is 1. The number of aliphatic carboxylic acids is 1. The molecule has 0 fully saturated rings. The van der Waals surface area contributed by atoms with Crippen molar-refractivity contribution in [1.29, 1.82) is 0 Å². The minimum atomic E-state index is -3.78. The quantitative estimate of drug-likeness (QED) is 0.185. The van der Waals surface area contributed by atoms with Crippen molar-refractivity contribution < 1.29 is 23.1 Å². The van der Waals surface area contributed by atoms with E-state index >= 15 is 0 Å². The minimum Gasteiger partial charge on any atom is -0.494 e. The Morgan fingerprint density at radius 3 is 2.16 bits per heavy atom. The number of hydrogen-bond donors (Lipinski definition) is 2. The standard InChI is InChI=1S/C30H36ClNO5S/c1-2-3-4-22-37-27-17-10-24(11-18-27)12-21-29(32-38(35,36)28-19-15-26(31)16-20-28)25-13-8-23(9-14-25)6-5-7-30(33)34/h8-11,13-20,29,32H,2-7,12,21-22H2,1H3,(H,33,34). The smallest absolute Gasteiger partial charge is 0.303 e. The van der Waals surface area contributed by atoms with E-state index < -0.39 is 22.0 Å². The van der Waals surface area contributed by atoms with Gasteiger partial charge >= 0.3 is 5.97 Å². The maximum atomic E-state index is 13.2. The minimum absolute atomic E-state index is 0.119. The first-order valence-electron chi connectivity index (χ1n) is 13.1. The molecule has 0 aliphatic carbocycles. The fourth-order valence-electron chi connectivity index (χ4n) is 4.13. The SMILES string of the molecule is CCCCCOc1ccc(CCC(NS(=O)(=O)c2ccc(Cl)cc2)c2ccc(CCCC(=O)O)cc2)cc1. The number of ether oxygens (including phenoxy) is 1. The topological polar surface area (TPSA) is 92.7 Å². The van der Waals surface area contributed by atoms with Crippen LogP contribution in [0.5, 0.6) is 5.75 Å². The summed E-state index contributed by atoms with van der Waals surface area (Å²) in [5.74, 6) is 0.0257. The van der Waals surface area contributed by atoms with Crippen LogP contribution in [0, 0.1) is 0 Å². The molecule has 3 rings (SSSR count). The third-order valence-electron chi connectivity index (χ3n) is 6.32. The van der Waals surface area contributed by atoms with Gasteiger partial charge in [0, 0.05) is 17.5 Å². The van der Waals surface area contributed by atoms with E-state index in [2.05, 4.69) is 11.6 Å². The molecule has 3 aromatic rings. The number of nitrogens with one attached hydrogen (secondary N) is 1. The van der Waals surface area contributed by atoms with Crippen LogP contribution in [0.1, 0.15) is 68.2 Å². The largest absolute Gasteiger partial charge is 0.494 e. The molecule has 0 spiro atoms. The molecule has 3 aromatic carbocycles. The average molecular weight is 558 g/mol. The van der Waals surface area contributed by atoms with Crippen LogP contribution in [-0.4, -0.2) is 26.1 Å². The molecule has 0 saturated carbocycles. The van der Waals surface area contributed by atoms with Gasteiger partial charge in [-0.2, -0.15) is 0 Å². The Morgan fingerprint density at radius 2 is 1.53 bits per heavy atom. The number of rotatable bonds is 16. The molecular formula is C30H36ClNO5S. The van der Waals surface area contributed by atoms with Gasteiger partial charge in [0.2, 0.25) is 10.0 Å². The molecule has 6 nitrogen and oxygen atoms in total. The zero-order valence-corrected chi connectivity index (χ0v) is 23.3. The lowest BCUT2D eigenvalue weighted by atomic mass is 9.98. The maximum absolute atomic E-state index is 13.2. The lowest BCUT2D eigenvalue weighted by Gasteiger charge is -2.20. The van der Waals surface area contributed by atoms with Gasteiger partial charge in [0.25, 0.3) is 0 Å². The van der Waals surface area contributed by atoms with E-state index in [0.29, 0.717) is 37.3 Å². The Balaban J connectivity index is 1.71. The molecule has 204 valence electrons. The lowest BCUT2D eigenvalue weighted by molar-refractivity contribution is -0.137. The summed E-state index contributed by atoms with van der Waals surface area (Å²) in [6.45, 7) is 2.86. The van der Waals surface area contributed by atoms with Gasteiger partial charge in [0.15, 0.2) is 0 Å². The van der Waals surface area contributed by atoms with Gasteiger partial charge in [0.1, 0.15) is 5.75 Å². The Bertz CT molecular complexity index is 1240. The zero-order valence-electron chi connectivity index (χ0n) is 21.7. The average Bonchev–Trinajstić information content (AvgIpc) is 2.90. The summed E-state index contributed by atoms with van der Waals surface area (Å²) in [6, 6.07) is 21.3. The first-order valence-corrected chi connectivity index (χ1v) is 14.9. The molecule has 1 unspecified atom stereocenters. The molecule has 0 aliphatic rings. The van der Waals surface area contributed by atoms with Gasteiger partial charge in [-0.3, -0.25) is 4.79 Å². The first kappa shape index (κ1) is 29.7. The fraction of sp³-hybridized carbons (Fsp3) is 0.367. The highest BCUT2D eigenvalue weighted by atomic mass is 35.5. The van der Waals surface area contributed by atoms with E-state index in [-0.39, 0.29) is 11.3 Å². The van der Waals surface area contributed by atoms with Crippen LogP contribution in [0.4, 0.5) is 0 Å². The summed E-state index contributed by atoms with van der Waals surface area (Å²) in [4.78, 5) is 11.0. The van der Waals surface area contributed by atoms with Crippen molar-refractivity contribution in [1.82, 2.24) is 4.72 Å². The summed E-state index contributed by atoms with van der Waals surface area (Å²) in [6.07, 6.45) is 5.89. The normalized spacial score (nSPS) is 12.3. The Labute approximate surface area is 231 Å². The fourth-order valence-corrected chi connectivity index (χ4v) is 5.51. The highest BCUT2D eigenvalue weighted by Gasteiger charge is 2.21. The molecule has 0 heterocycles. The summed E-state index contributed by atoms with van der Waals surface area (Å²) in [7, 11) is -3.78. The summed E-state index contributed by atoms with van der Waals surface area (Å²) in [5.41, 5.74) is 2.95. The van der Waals surface area contributed by atoms with Crippen molar-refractivity contribution in [2.75, 3.05) is 6.61 Å². The first-order chi connectivity index (χ1) is 18.3. The van der Waals surface area contributed by atoms with Crippen molar-refractivity contribution in [3.05, 3.63) is 94.5 Å². The molecule has 0 radical (unpaired) electrons. The van der Waals surface area contributed by atoms with Gasteiger partial charge < -0.3 is 9.84 Å². The number of aryl methyl sites for hydroxylation is 2. The molecule has 0 amide bonds. The third kappa shape index (κ3) is 9.78. The van der Waals surface area contributed by atoms with E-state index in [4.69, 9.17) is 21.4 Å². The van der Waals surface area contributed by atoms with Crippen LogP contribution in [0.15, 0.2) is 77.7 Å². The number of carboxylic acids is 1. The second kappa shape index (κ2) is 14.9. The van der Waals surface area contributed by atoms with E-state index in [1.165, 1.54) is 12.1 Å². The molecule has 38 heavy (non-hydrogen) atoms. The second-order valence-corrected chi connectivity index (χ2v) is 11.5. The maximum Gasteiger partial charge on any atom is 0.303 e. The van der Waals surface area contributed by atoms with Gasteiger partial charge in [-0.05, 0) is 85.2 Å². The highest BCUT2D eigenvalue weighted by molar-refractivity contribution is 7.89. The Hall–Kier alpha value is -2.87. The van der Waals surface area contributed by atoms with Crippen LogP contribution < -0.4 is 9.46 Å². The van der Waals surface area contributed by atoms with Crippen LogP contribution in [0.2, 0.25) is 5.02 Å². The molecule has 1 atom stereocenters. The Morgan fingerprint density at radius 1 is 0.895 bits per heavy atom. The molecule has 0 bridgehead atoms. The highest BCUT2D eigenvalue weighted by Crippen LogP contribution is 2.25. The second-order valence-electron chi connectivity index (χ2n) is 9.35. The van der Waals surface area contributed by atoms with Crippen LogP contribution >= 0.6 is 11.6 Å². The predicted octanol–water partition coefficient (Wildman–Crippen LogP) is 6.97. The van der Waals surface area contributed by atoms with E-state index in [0.717, 1.165) is 41.7 Å². The predicted molar refractivity (Wildman–Crippen MR) is 151 cm³/mol. The summed E-state index contributed by atoms with van der Waals surface area (Å²) < 4.78 is 35.0. The third-order valence-corrected chi connectivity index (χ3v) is 8.06. The van der Waals surface area contributed by atoms with E-state index in [1.807, 2.05) is 48.5 Å². The van der Waals surface area contributed by atoms with Gasteiger partial charge in [-0.15, -0.1) is 0 Å². The summed E-state index contributed by atoms with van der Waals surface area (Å²) >= 11 is 5.95. The lowest BCUT2D eigenvalue weighted by Crippen LogP contribution is -2.29. The number of carbonyl (C=O) groups is 1. The molecule has 0 saturated heterocycles. The van der Waals surface area contributed by atoms with Gasteiger partial charge in [0.05, 0.1) is 11.5 Å². The summed E-state index contributed by atoms with van der Waals surface area (Å²) in [5, 5.41) is 9.34. The van der Waals surface area contributed by atoms with Crippen LogP contribution in [0.25, 0.3) is 0 Å².